The van der Waals surface area contributed by atoms with Gasteiger partial charge in [-0.25, -0.2) is 15.0 Å². The first-order valence-electron chi connectivity index (χ1n) is 8.60. The number of anilines is 1. The summed E-state index contributed by atoms with van der Waals surface area (Å²) in [6, 6.07) is 4.69. The molecule has 0 saturated carbocycles. The number of alkyl halides is 3. The minimum absolute atomic E-state index is 0.0924. The second-order valence-electron chi connectivity index (χ2n) is 6.38. The summed E-state index contributed by atoms with van der Waals surface area (Å²) < 4.78 is 40.0. The lowest BCUT2D eigenvalue weighted by molar-refractivity contribution is -0.137. The van der Waals surface area contributed by atoms with Crippen LogP contribution in [0.5, 0.6) is 0 Å². The molecule has 7 nitrogen and oxygen atoms in total. The molecule has 0 saturated heterocycles. The lowest BCUT2D eigenvalue weighted by Gasteiger charge is -2.15. The predicted octanol–water partition coefficient (Wildman–Crippen LogP) is 2.28. The number of rotatable bonds is 3. The first-order valence-corrected chi connectivity index (χ1v) is 8.60. The van der Waals surface area contributed by atoms with Crippen molar-refractivity contribution < 1.29 is 18.0 Å². The van der Waals surface area contributed by atoms with Crippen LogP contribution in [-0.4, -0.2) is 45.1 Å². The third-order valence-electron chi connectivity index (χ3n) is 4.43. The summed E-state index contributed by atoms with van der Waals surface area (Å²) in [6.07, 6.45) is 2.65. The van der Waals surface area contributed by atoms with Gasteiger partial charge in [0.2, 0.25) is 0 Å². The fraction of sp³-hybridized carbons (Fsp3) is 0.105. The van der Waals surface area contributed by atoms with E-state index in [4.69, 9.17) is 7.85 Å². The van der Waals surface area contributed by atoms with Crippen LogP contribution in [0.1, 0.15) is 16.1 Å². The molecule has 0 aliphatic rings. The Morgan fingerprint density at radius 3 is 2.37 bits per heavy atom. The van der Waals surface area contributed by atoms with E-state index in [-0.39, 0.29) is 17.1 Å². The lowest BCUT2D eigenvalue weighted by Crippen LogP contribution is -2.29. The minimum atomic E-state index is -4.42. The average Bonchev–Trinajstić information content (AvgIpc) is 3.16. The molecule has 4 aromatic rings. The molecule has 11 heteroatoms. The van der Waals surface area contributed by atoms with E-state index in [2.05, 4.69) is 19.9 Å². The molecular weight excluding hydrogens is 396 g/mol. The Labute approximate surface area is 169 Å². The molecule has 0 aliphatic carbocycles. The molecule has 1 amide bonds. The van der Waals surface area contributed by atoms with E-state index in [1.165, 1.54) is 55.1 Å². The maximum Gasteiger partial charge on any atom is 0.416 e. The van der Waals surface area contributed by atoms with Crippen molar-refractivity contribution in [1.29, 1.82) is 0 Å². The van der Waals surface area contributed by atoms with Gasteiger partial charge in [-0.2, -0.15) is 13.2 Å². The summed E-state index contributed by atoms with van der Waals surface area (Å²) in [4.78, 5) is 30.3. The summed E-state index contributed by atoms with van der Waals surface area (Å²) in [5, 5.41) is 0. The van der Waals surface area contributed by atoms with Crippen LogP contribution < -0.4 is 10.5 Å². The molecule has 0 N–H and O–H groups in total. The Morgan fingerprint density at radius 2 is 1.73 bits per heavy atom. The number of hydrogen-bond donors (Lipinski definition) is 0. The van der Waals surface area contributed by atoms with Gasteiger partial charge in [-0.15, -0.1) is 0 Å². The maximum absolute atomic E-state index is 12.8. The van der Waals surface area contributed by atoms with Crippen LogP contribution in [0.2, 0.25) is 0 Å². The molecule has 3 heterocycles. The van der Waals surface area contributed by atoms with Gasteiger partial charge in [0.15, 0.2) is 11.5 Å². The Morgan fingerprint density at radius 1 is 1.00 bits per heavy atom. The Kier molecular flexibility index (Phi) is 4.73. The van der Waals surface area contributed by atoms with E-state index < -0.39 is 17.6 Å². The van der Waals surface area contributed by atoms with Crippen molar-refractivity contribution in [2.24, 2.45) is 0 Å². The molecule has 0 bridgehead atoms. The van der Waals surface area contributed by atoms with E-state index in [0.29, 0.717) is 16.9 Å². The number of hydrogen-bond acceptors (Lipinski definition) is 5. The number of benzene rings is 1. The molecule has 148 valence electrons. The van der Waals surface area contributed by atoms with Crippen LogP contribution in [0.25, 0.3) is 16.9 Å². The number of imidazole rings is 1. The van der Waals surface area contributed by atoms with Crippen molar-refractivity contribution in [3.63, 3.8) is 0 Å². The third-order valence-corrected chi connectivity index (χ3v) is 4.43. The molecular formula is C19H12BF3N6O. The smallest absolute Gasteiger partial charge is 0.296 e. The number of carbonyl (C=O) groups is 1. The number of fused-ring (bicyclic) bond motifs is 1. The Bertz CT molecular complexity index is 1220. The third kappa shape index (κ3) is 3.61. The van der Waals surface area contributed by atoms with Gasteiger partial charge >= 0.3 is 6.18 Å². The second-order valence-corrected chi connectivity index (χ2v) is 6.38. The highest BCUT2D eigenvalue weighted by atomic mass is 19.4. The highest BCUT2D eigenvalue weighted by Gasteiger charge is 2.30. The number of aromatic nitrogens is 5. The topological polar surface area (TPSA) is 76.3 Å². The normalized spacial score (nSPS) is 11.6. The quantitative estimate of drug-likeness (QED) is 0.487. The summed E-state index contributed by atoms with van der Waals surface area (Å²) in [5.74, 6) is -0.173. The van der Waals surface area contributed by atoms with E-state index >= 15 is 0 Å². The van der Waals surface area contributed by atoms with Crippen molar-refractivity contribution in [2.75, 3.05) is 11.9 Å². The van der Waals surface area contributed by atoms with Crippen molar-refractivity contribution in [3.8, 4) is 11.3 Å². The van der Waals surface area contributed by atoms with Crippen LogP contribution in [0.4, 0.5) is 19.0 Å². The van der Waals surface area contributed by atoms with Crippen molar-refractivity contribution in [3.05, 3.63) is 66.5 Å². The highest BCUT2D eigenvalue weighted by molar-refractivity contribution is 6.30. The van der Waals surface area contributed by atoms with Gasteiger partial charge in [-0.05, 0) is 12.1 Å². The zero-order chi connectivity index (χ0) is 21.5. The molecule has 4 rings (SSSR count). The number of carbonyl (C=O) groups excluding carboxylic acids is 1. The zero-order valence-corrected chi connectivity index (χ0v) is 15.5. The first kappa shape index (κ1) is 19.6. The fourth-order valence-electron chi connectivity index (χ4n) is 2.82. The van der Waals surface area contributed by atoms with Gasteiger partial charge in [0, 0.05) is 30.6 Å². The van der Waals surface area contributed by atoms with Gasteiger partial charge in [0.05, 0.1) is 29.8 Å². The summed E-state index contributed by atoms with van der Waals surface area (Å²) in [6.45, 7) is 0. The Hall–Kier alpha value is -3.76. The molecule has 30 heavy (non-hydrogen) atoms. The van der Waals surface area contributed by atoms with Gasteiger partial charge < -0.3 is 0 Å². The SMILES string of the molecule is [B]c1cnc(N(C)C(=O)c2cn3c(-c4ccc(C(F)(F)F)cc4)cnc3cn2)cn1. The number of halogens is 3. The van der Waals surface area contributed by atoms with Gasteiger partial charge in [0.25, 0.3) is 5.91 Å². The van der Waals surface area contributed by atoms with Crippen LogP contribution in [0.15, 0.2) is 55.2 Å². The van der Waals surface area contributed by atoms with E-state index in [9.17, 15) is 18.0 Å². The highest BCUT2D eigenvalue weighted by Crippen LogP contribution is 2.31. The first-order chi connectivity index (χ1) is 14.2. The number of nitrogens with zero attached hydrogens (tertiary/aromatic N) is 6. The standard InChI is InChI=1S/C19H12BF3N6O/c1-28(16-8-25-15(20)7-27-16)18(30)13-10-29-14(6-26-17(29)9-24-13)11-2-4-12(5-3-11)19(21,22)23/h2-10H,1H3. The maximum atomic E-state index is 12.8. The van der Waals surface area contributed by atoms with Crippen molar-refractivity contribution in [1.82, 2.24) is 24.3 Å². The van der Waals surface area contributed by atoms with Gasteiger partial charge in [0.1, 0.15) is 13.5 Å². The largest absolute Gasteiger partial charge is 0.416 e. The van der Waals surface area contributed by atoms with Gasteiger partial charge in [-0.1, -0.05) is 12.1 Å². The van der Waals surface area contributed by atoms with E-state index in [0.717, 1.165) is 12.1 Å². The predicted molar refractivity (Wildman–Crippen MR) is 104 cm³/mol. The Balaban J connectivity index is 1.69. The molecule has 0 spiro atoms. The number of amides is 1. The van der Waals surface area contributed by atoms with Crippen LogP contribution in [0.3, 0.4) is 0 Å². The summed E-state index contributed by atoms with van der Waals surface area (Å²) in [5.41, 5.74) is 1.04. The molecule has 2 radical (unpaired) electrons. The van der Waals surface area contributed by atoms with Crippen LogP contribution in [-0.2, 0) is 6.18 Å². The fourth-order valence-corrected chi connectivity index (χ4v) is 2.82. The van der Waals surface area contributed by atoms with Crippen LogP contribution >= 0.6 is 0 Å². The average molecular weight is 408 g/mol. The zero-order valence-electron chi connectivity index (χ0n) is 15.5. The molecule has 0 aliphatic heterocycles. The minimum Gasteiger partial charge on any atom is -0.296 e. The van der Waals surface area contributed by atoms with Crippen LogP contribution in [0, 0.1) is 0 Å². The van der Waals surface area contributed by atoms with E-state index in [1.807, 2.05) is 0 Å². The lowest BCUT2D eigenvalue weighted by atomic mass is 10.1. The molecule has 3 aromatic heterocycles. The monoisotopic (exact) mass is 408 g/mol. The second kappa shape index (κ2) is 7.25. The molecule has 0 fully saturated rings. The summed E-state index contributed by atoms with van der Waals surface area (Å²) in [7, 11) is 7.02. The van der Waals surface area contributed by atoms with Crippen molar-refractivity contribution in [2.45, 2.75) is 6.18 Å². The van der Waals surface area contributed by atoms with E-state index in [1.54, 1.807) is 4.40 Å². The molecule has 0 unspecified atom stereocenters. The summed E-state index contributed by atoms with van der Waals surface area (Å²) >= 11 is 0. The molecule has 1 aromatic carbocycles. The van der Waals surface area contributed by atoms with Gasteiger partial charge in [-0.3, -0.25) is 19.1 Å². The van der Waals surface area contributed by atoms with Crippen molar-refractivity contribution >= 4 is 30.8 Å². The molecule has 0 atom stereocenters.